The van der Waals surface area contributed by atoms with E-state index < -0.39 is 5.41 Å². The Kier molecular flexibility index (Phi) is 7.60. The second kappa shape index (κ2) is 8.36. The van der Waals surface area contributed by atoms with Gasteiger partial charge in [0.1, 0.15) is 5.41 Å². The van der Waals surface area contributed by atoms with E-state index in [4.69, 9.17) is 15.7 Å². The number of hydrogen-bond donors (Lipinski definition) is 3. The summed E-state index contributed by atoms with van der Waals surface area (Å²) in [6.45, 7) is 4.01. The molecule has 0 saturated carbocycles. The van der Waals surface area contributed by atoms with Crippen molar-refractivity contribution in [2.24, 2.45) is 16.3 Å². The average molecular weight is 288 g/mol. The molecule has 0 heterocycles. The molecule has 8 nitrogen and oxygen atoms in total. The van der Waals surface area contributed by atoms with Gasteiger partial charge in [-0.05, 0) is 13.3 Å². The number of ether oxygens (including phenoxy) is 1. The summed E-state index contributed by atoms with van der Waals surface area (Å²) in [4.78, 5) is 25.2. The molecule has 8 heteroatoms. The van der Waals surface area contributed by atoms with Crippen molar-refractivity contribution >= 4 is 17.6 Å². The van der Waals surface area contributed by atoms with E-state index in [-0.39, 0.29) is 24.2 Å². The highest BCUT2D eigenvalue weighted by Gasteiger charge is 2.38. The number of nitrogens with one attached hydrogen (secondary N) is 1. The number of amidine groups is 1. The largest absolute Gasteiger partial charge is 0.409 e. The number of likely N-dealkylation sites (N-methyl/N-ethyl adjacent to an activating group) is 1. The van der Waals surface area contributed by atoms with Crippen molar-refractivity contribution in [2.45, 2.75) is 20.3 Å². The zero-order valence-corrected chi connectivity index (χ0v) is 12.5. The highest BCUT2D eigenvalue weighted by molar-refractivity contribution is 6.06. The summed E-state index contributed by atoms with van der Waals surface area (Å²) >= 11 is 0. The van der Waals surface area contributed by atoms with Crippen molar-refractivity contribution in [2.75, 3.05) is 33.9 Å². The van der Waals surface area contributed by atoms with Crippen LogP contribution in [0.4, 0.5) is 0 Å². The lowest BCUT2D eigenvalue weighted by Crippen LogP contribution is -2.50. The molecular formula is C12H24N4O4. The second-order valence-electron chi connectivity index (χ2n) is 4.67. The monoisotopic (exact) mass is 288 g/mol. The van der Waals surface area contributed by atoms with E-state index in [1.54, 1.807) is 13.8 Å². The fourth-order valence-corrected chi connectivity index (χ4v) is 1.61. The summed E-state index contributed by atoms with van der Waals surface area (Å²) in [5.41, 5.74) is 4.44. The van der Waals surface area contributed by atoms with Gasteiger partial charge in [0, 0.05) is 20.7 Å². The van der Waals surface area contributed by atoms with E-state index in [1.807, 2.05) is 0 Å². The molecular weight excluding hydrogens is 264 g/mol. The van der Waals surface area contributed by atoms with Crippen LogP contribution in [-0.2, 0) is 14.3 Å². The predicted molar refractivity (Wildman–Crippen MR) is 74.3 cm³/mol. The molecule has 0 fully saturated rings. The fourth-order valence-electron chi connectivity index (χ4n) is 1.61. The highest BCUT2D eigenvalue weighted by atomic mass is 16.5. The molecule has 0 aliphatic rings. The van der Waals surface area contributed by atoms with Gasteiger partial charge in [0.15, 0.2) is 5.84 Å². The average Bonchev–Trinajstić information content (AvgIpc) is 2.44. The molecule has 0 aliphatic heterocycles. The van der Waals surface area contributed by atoms with Crippen LogP contribution < -0.4 is 11.1 Å². The molecule has 2 amide bonds. The SMILES string of the molecule is CCC(C)(C(=O)N(C)CC(=O)NCCOC)C(N)=NO. The van der Waals surface area contributed by atoms with Crippen molar-refractivity contribution in [3.05, 3.63) is 0 Å². The van der Waals surface area contributed by atoms with E-state index in [0.717, 1.165) is 0 Å². The Morgan fingerprint density at radius 2 is 2.10 bits per heavy atom. The molecule has 0 spiro atoms. The van der Waals surface area contributed by atoms with Crippen LogP contribution in [0.1, 0.15) is 20.3 Å². The van der Waals surface area contributed by atoms with Crippen LogP contribution in [0.15, 0.2) is 5.16 Å². The molecule has 1 unspecified atom stereocenters. The van der Waals surface area contributed by atoms with Gasteiger partial charge in [0.25, 0.3) is 0 Å². The molecule has 0 aromatic carbocycles. The van der Waals surface area contributed by atoms with Gasteiger partial charge in [-0.1, -0.05) is 12.1 Å². The molecule has 0 bridgehead atoms. The van der Waals surface area contributed by atoms with Crippen LogP contribution in [0.2, 0.25) is 0 Å². The predicted octanol–water partition coefficient (Wildman–Crippen LogP) is -0.630. The minimum atomic E-state index is -1.13. The normalized spacial score (nSPS) is 14.5. The number of oxime groups is 1. The van der Waals surface area contributed by atoms with Gasteiger partial charge < -0.3 is 25.9 Å². The fraction of sp³-hybridized carbons (Fsp3) is 0.750. The third-order valence-electron chi connectivity index (χ3n) is 3.21. The molecule has 0 saturated heterocycles. The minimum Gasteiger partial charge on any atom is -0.409 e. The van der Waals surface area contributed by atoms with Gasteiger partial charge in [0.2, 0.25) is 11.8 Å². The van der Waals surface area contributed by atoms with Crippen molar-refractivity contribution < 1.29 is 19.5 Å². The van der Waals surface area contributed by atoms with Gasteiger partial charge in [-0.3, -0.25) is 9.59 Å². The van der Waals surface area contributed by atoms with E-state index in [9.17, 15) is 9.59 Å². The summed E-state index contributed by atoms with van der Waals surface area (Å²) in [6.07, 6.45) is 0.358. The maximum Gasteiger partial charge on any atom is 0.239 e. The van der Waals surface area contributed by atoms with Crippen LogP contribution in [0.5, 0.6) is 0 Å². The zero-order valence-electron chi connectivity index (χ0n) is 12.5. The first-order valence-corrected chi connectivity index (χ1v) is 6.32. The molecule has 116 valence electrons. The first-order chi connectivity index (χ1) is 9.33. The summed E-state index contributed by atoms with van der Waals surface area (Å²) in [5, 5.41) is 14.3. The number of nitrogens with zero attached hydrogens (tertiary/aromatic N) is 2. The Bertz CT molecular complexity index is 372. The number of nitrogens with two attached hydrogens (primary N) is 1. The Morgan fingerprint density at radius 3 is 2.55 bits per heavy atom. The topological polar surface area (TPSA) is 117 Å². The zero-order chi connectivity index (χ0) is 15.8. The summed E-state index contributed by atoms with van der Waals surface area (Å²) in [7, 11) is 3.03. The Morgan fingerprint density at radius 1 is 1.50 bits per heavy atom. The molecule has 20 heavy (non-hydrogen) atoms. The van der Waals surface area contributed by atoms with Gasteiger partial charge >= 0.3 is 0 Å². The highest BCUT2D eigenvalue weighted by Crippen LogP contribution is 2.23. The van der Waals surface area contributed by atoms with E-state index in [0.29, 0.717) is 19.6 Å². The number of amides is 2. The van der Waals surface area contributed by atoms with Crippen LogP contribution in [0.3, 0.4) is 0 Å². The number of carbonyl (C=O) groups excluding carboxylic acids is 2. The Balaban J connectivity index is 4.64. The lowest BCUT2D eigenvalue weighted by atomic mass is 9.84. The van der Waals surface area contributed by atoms with Crippen LogP contribution in [-0.4, -0.2) is 61.6 Å². The van der Waals surface area contributed by atoms with Crippen LogP contribution in [0, 0.1) is 5.41 Å². The minimum absolute atomic E-state index is 0.100. The lowest BCUT2D eigenvalue weighted by molar-refractivity contribution is -0.140. The van der Waals surface area contributed by atoms with Gasteiger partial charge in [-0.25, -0.2) is 0 Å². The second-order valence-corrected chi connectivity index (χ2v) is 4.67. The van der Waals surface area contributed by atoms with E-state index in [1.165, 1.54) is 19.1 Å². The van der Waals surface area contributed by atoms with Gasteiger partial charge in [-0.15, -0.1) is 0 Å². The molecule has 0 aromatic heterocycles. The third-order valence-corrected chi connectivity index (χ3v) is 3.21. The van der Waals surface area contributed by atoms with Gasteiger partial charge in [-0.2, -0.15) is 0 Å². The van der Waals surface area contributed by atoms with E-state index >= 15 is 0 Å². The Labute approximate surface area is 118 Å². The maximum absolute atomic E-state index is 12.3. The summed E-state index contributed by atoms with van der Waals surface area (Å²) in [5.74, 6) is -0.843. The lowest BCUT2D eigenvalue weighted by Gasteiger charge is -2.30. The first kappa shape index (κ1) is 18.2. The number of hydrogen-bond acceptors (Lipinski definition) is 5. The molecule has 0 aliphatic carbocycles. The number of methoxy groups -OCH3 is 1. The first-order valence-electron chi connectivity index (χ1n) is 6.32. The van der Waals surface area contributed by atoms with Crippen molar-refractivity contribution in [1.29, 1.82) is 0 Å². The maximum atomic E-state index is 12.3. The van der Waals surface area contributed by atoms with Gasteiger partial charge in [0.05, 0.1) is 13.2 Å². The molecule has 0 aromatic rings. The molecule has 1 atom stereocenters. The third kappa shape index (κ3) is 4.69. The van der Waals surface area contributed by atoms with Crippen LogP contribution in [0.25, 0.3) is 0 Å². The standard InChI is InChI=1S/C12H24N4O4/c1-5-12(2,10(13)15-19)11(18)16(3)8-9(17)14-6-7-20-4/h19H,5-8H2,1-4H3,(H2,13,15)(H,14,17). The van der Waals surface area contributed by atoms with Crippen molar-refractivity contribution in [1.82, 2.24) is 10.2 Å². The number of rotatable bonds is 8. The summed E-state index contributed by atoms with van der Waals surface area (Å²) < 4.78 is 4.81. The van der Waals surface area contributed by atoms with Crippen molar-refractivity contribution in [3.63, 3.8) is 0 Å². The quantitative estimate of drug-likeness (QED) is 0.181. The Hall–Kier alpha value is -1.83. The van der Waals surface area contributed by atoms with Crippen molar-refractivity contribution in [3.8, 4) is 0 Å². The molecule has 4 N–H and O–H groups in total. The molecule has 0 radical (unpaired) electrons. The van der Waals surface area contributed by atoms with E-state index in [2.05, 4.69) is 10.5 Å². The molecule has 0 rings (SSSR count). The van der Waals surface area contributed by atoms with Crippen LogP contribution >= 0.6 is 0 Å². The smallest absolute Gasteiger partial charge is 0.239 e. The number of carbonyl (C=O) groups is 2. The summed E-state index contributed by atoms with van der Waals surface area (Å²) in [6, 6.07) is 0.